The zero-order valence-electron chi connectivity index (χ0n) is 17.7. The number of hydrogen-bond acceptors (Lipinski definition) is 4. The van der Waals surface area contributed by atoms with E-state index in [9.17, 15) is 14.4 Å². The minimum Gasteiger partial charge on any atom is -0.497 e. The predicted octanol–water partition coefficient (Wildman–Crippen LogP) is 4.17. The number of pyridine rings is 1. The lowest BCUT2D eigenvalue weighted by atomic mass is 9.81. The van der Waals surface area contributed by atoms with Crippen molar-refractivity contribution < 1.29 is 14.3 Å². The summed E-state index contributed by atoms with van der Waals surface area (Å²) >= 11 is 0. The molecule has 0 aliphatic heterocycles. The number of rotatable bonds is 4. The molecule has 1 heterocycles. The van der Waals surface area contributed by atoms with E-state index in [0.29, 0.717) is 29.8 Å². The highest BCUT2D eigenvalue weighted by atomic mass is 16.5. The first-order valence-electron chi connectivity index (χ1n) is 10.2. The van der Waals surface area contributed by atoms with Crippen LogP contribution in [0.5, 0.6) is 5.75 Å². The van der Waals surface area contributed by atoms with Gasteiger partial charge < -0.3 is 15.0 Å². The topological polar surface area (TPSA) is 88.3 Å². The normalized spacial score (nSPS) is 15.3. The lowest BCUT2D eigenvalue weighted by Gasteiger charge is -2.24. The summed E-state index contributed by atoms with van der Waals surface area (Å²) in [5.74, 6) is 0.112. The number of hydrogen-bond donors (Lipinski definition) is 2. The second kappa shape index (κ2) is 8.22. The van der Waals surface area contributed by atoms with Crippen LogP contribution in [0.25, 0.3) is 0 Å². The lowest BCUT2D eigenvalue weighted by Crippen LogP contribution is -2.29. The maximum absolute atomic E-state index is 12.9. The first-order chi connectivity index (χ1) is 14.9. The van der Waals surface area contributed by atoms with Gasteiger partial charge in [0.2, 0.25) is 0 Å². The standard InChI is InChI=1S/C25H24N2O4/c1-14-5-4-6-15(2)23(14)27-25(30)20-13-19-21(26-24(20)29)11-17(12-22(19)28)16-7-9-18(31-3)10-8-16/h4-10,13,17H,11-12H2,1-3H3,(H,26,29)(H,27,30). The highest BCUT2D eigenvalue weighted by molar-refractivity contribution is 6.07. The van der Waals surface area contributed by atoms with Gasteiger partial charge in [0.15, 0.2) is 5.78 Å². The first kappa shape index (κ1) is 20.6. The highest BCUT2D eigenvalue weighted by Crippen LogP contribution is 2.32. The number of carbonyl (C=O) groups excluding carboxylic acids is 2. The monoisotopic (exact) mass is 416 g/mol. The first-order valence-corrected chi connectivity index (χ1v) is 10.2. The minimum absolute atomic E-state index is 0.0316. The molecule has 31 heavy (non-hydrogen) atoms. The molecule has 0 spiro atoms. The van der Waals surface area contributed by atoms with E-state index >= 15 is 0 Å². The molecule has 3 aromatic rings. The molecule has 4 rings (SSSR count). The third-order valence-electron chi connectivity index (χ3n) is 5.86. The number of carbonyl (C=O) groups is 2. The zero-order valence-corrected chi connectivity index (χ0v) is 17.7. The predicted molar refractivity (Wildman–Crippen MR) is 119 cm³/mol. The van der Waals surface area contributed by atoms with Gasteiger partial charge in [-0.05, 0) is 61.1 Å². The molecule has 1 aliphatic carbocycles. The number of para-hydroxylation sites is 1. The van der Waals surface area contributed by atoms with Crippen molar-refractivity contribution in [1.29, 1.82) is 0 Å². The van der Waals surface area contributed by atoms with Gasteiger partial charge in [0.05, 0.1) is 7.11 Å². The molecule has 6 nitrogen and oxygen atoms in total. The zero-order chi connectivity index (χ0) is 22.1. The number of ketones is 1. The van der Waals surface area contributed by atoms with Crippen LogP contribution in [0, 0.1) is 13.8 Å². The molecule has 1 aliphatic rings. The summed E-state index contributed by atoms with van der Waals surface area (Å²) in [6.45, 7) is 3.78. The molecule has 1 atom stereocenters. The number of benzene rings is 2. The molecule has 2 aromatic carbocycles. The SMILES string of the molecule is COc1ccc(C2CC(=O)c3cc(C(=O)Nc4c(C)cccc4C)c(=O)[nH]c3C2)cc1. The number of nitrogens with one attached hydrogen (secondary N) is 2. The Hall–Kier alpha value is -3.67. The summed E-state index contributed by atoms with van der Waals surface area (Å²) in [6, 6.07) is 14.7. The summed E-state index contributed by atoms with van der Waals surface area (Å²) in [5.41, 5.74) is 3.93. The van der Waals surface area contributed by atoms with Gasteiger partial charge in [-0.1, -0.05) is 30.3 Å². The van der Waals surface area contributed by atoms with Gasteiger partial charge in [0.25, 0.3) is 11.5 Å². The average molecular weight is 416 g/mol. The van der Waals surface area contributed by atoms with Crippen LogP contribution in [0.4, 0.5) is 5.69 Å². The molecule has 0 saturated heterocycles. The van der Waals surface area contributed by atoms with Crippen molar-refractivity contribution in [3.8, 4) is 5.75 Å². The van der Waals surface area contributed by atoms with Crippen LogP contribution in [0.2, 0.25) is 0 Å². The van der Waals surface area contributed by atoms with E-state index in [0.717, 1.165) is 22.4 Å². The lowest BCUT2D eigenvalue weighted by molar-refractivity contribution is 0.0963. The number of ether oxygens (including phenoxy) is 1. The Labute approximate surface area is 180 Å². The van der Waals surface area contributed by atoms with Crippen LogP contribution < -0.4 is 15.6 Å². The summed E-state index contributed by atoms with van der Waals surface area (Å²) in [7, 11) is 1.61. The Kier molecular flexibility index (Phi) is 5.46. The maximum atomic E-state index is 12.9. The number of aryl methyl sites for hydroxylation is 2. The third-order valence-corrected chi connectivity index (χ3v) is 5.86. The summed E-state index contributed by atoms with van der Waals surface area (Å²) in [4.78, 5) is 41.2. The van der Waals surface area contributed by atoms with Crippen LogP contribution in [-0.2, 0) is 6.42 Å². The van der Waals surface area contributed by atoms with Crippen molar-refractivity contribution in [3.63, 3.8) is 0 Å². The van der Waals surface area contributed by atoms with Crippen LogP contribution >= 0.6 is 0 Å². The second-order valence-electron chi connectivity index (χ2n) is 7.93. The number of aromatic nitrogens is 1. The van der Waals surface area contributed by atoms with Gasteiger partial charge in [0.1, 0.15) is 11.3 Å². The van der Waals surface area contributed by atoms with E-state index in [-0.39, 0.29) is 17.3 Å². The number of fused-ring (bicyclic) bond motifs is 1. The molecular formula is C25H24N2O4. The van der Waals surface area contributed by atoms with Gasteiger partial charge in [0, 0.05) is 23.4 Å². The van der Waals surface area contributed by atoms with Crippen molar-refractivity contribution in [3.05, 3.63) is 92.4 Å². The molecule has 158 valence electrons. The van der Waals surface area contributed by atoms with Gasteiger partial charge >= 0.3 is 0 Å². The fourth-order valence-electron chi connectivity index (χ4n) is 4.10. The molecule has 0 saturated carbocycles. The fraction of sp³-hybridized carbons (Fsp3) is 0.240. The van der Waals surface area contributed by atoms with E-state index in [4.69, 9.17) is 4.74 Å². The molecule has 1 aromatic heterocycles. The maximum Gasteiger partial charge on any atom is 0.261 e. The van der Waals surface area contributed by atoms with Gasteiger partial charge in [-0.2, -0.15) is 0 Å². The van der Waals surface area contributed by atoms with E-state index in [1.807, 2.05) is 56.3 Å². The quantitative estimate of drug-likeness (QED) is 0.668. The largest absolute Gasteiger partial charge is 0.497 e. The summed E-state index contributed by atoms with van der Waals surface area (Å²) in [6.07, 6.45) is 0.852. The molecule has 0 fully saturated rings. The van der Waals surface area contributed by atoms with Crippen molar-refractivity contribution in [2.45, 2.75) is 32.6 Å². The van der Waals surface area contributed by atoms with Crippen LogP contribution in [0.1, 0.15) is 55.4 Å². The Balaban J connectivity index is 1.62. The van der Waals surface area contributed by atoms with Gasteiger partial charge in [-0.25, -0.2) is 0 Å². The Morgan fingerprint density at radius 1 is 1.03 bits per heavy atom. The average Bonchev–Trinajstić information content (AvgIpc) is 2.75. The number of anilines is 1. The molecule has 6 heteroatoms. The molecular weight excluding hydrogens is 392 g/mol. The second-order valence-corrected chi connectivity index (χ2v) is 7.93. The minimum atomic E-state index is -0.522. The van der Waals surface area contributed by atoms with Crippen molar-refractivity contribution in [2.75, 3.05) is 12.4 Å². The highest BCUT2D eigenvalue weighted by Gasteiger charge is 2.29. The van der Waals surface area contributed by atoms with Crippen molar-refractivity contribution in [1.82, 2.24) is 4.98 Å². The van der Waals surface area contributed by atoms with Crippen LogP contribution in [0.15, 0.2) is 53.3 Å². The molecule has 1 amide bonds. The number of aromatic amines is 1. The Morgan fingerprint density at radius 3 is 2.35 bits per heavy atom. The molecule has 2 N–H and O–H groups in total. The van der Waals surface area contributed by atoms with Crippen LogP contribution in [0.3, 0.4) is 0 Å². The third kappa shape index (κ3) is 4.01. The van der Waals surface area contributed by atoms with E-state index in [2.05, 4.69) is 10.3 Å². The van der Waals surface area contributed by atoms with E-state index < -0.39 is 11.5 Å². The molecule has 1 unspecified atom stereocenters. The summed E-state index contributed by atoms with van der Waals surface area (Å²) < 4.78 is 5.19. The molecule has 0 radical (unpaired) electrons. The van der Waals surface area contributed by atoms with Crippen molar-refractivity contribution in [2.24, 2.45) is 0 Å². The van der Waals surface area contributed by atoms with E-state index in [1.54, 1.807) is 7.11 Å². The summed E-state index contributed by atoms with van der Waals surface area (Å²) in [5, 5.41) is 2.82. The number of amides is 1. The van der Waals surface area contributed by atoms with Crippen molar-refractivity contribution >= 4 is 17.4 Å². The van der Waals surface area contributed by atoms with Gasteiger partial charge in [-0.15, -0.1) is 0 Å². The number of H-pyrrole nitrogens is 1. The smallest absolute Gasteiger partial charge is 0.261 e. The number of methoxy groups -OCH3 is 1. The molecule has 0 bridgehead atoms. The Bertz CT molecular complexity index is 1210. The van der Waals surface area contributed by atoms with E-state index in [1.165, 1.54) is 6.07 Å². The van der Waals surface area contributed by atoms with Gasteiger partial charge in [-0.3, -0.25) is 14.4 Å². The number of Topliss-reactive ketones (excluding diaryl/α,β-unsaturated/α-hetero) is 1. The van der Waals surface area contributed by atoms with Crippen LogP contribution in [-0.4, -0.2) is 23.8 Å². The fourth-order valence-corrected chi connectivity index (χ4v) is 4.10. The Morgan fingerprint density at radius 2 is 1.71 bits per heavy atom.